The Morgan fingerprint density at radius 3 is 2.57 bits per heavy atom. The highest BCUT2D eigenvalue weighted by Gasteiger charge is 2.40. The third kappa shape index (κ3) is 5.21. The van der Waals surface area contributed by atoms with Crippen molar-refractivity contribution < 1.29 is 24.1 Å². The van der Waals surface area contributed by atoms with Gasteiger partial charge in [-0.25, -0.2) is 9.78 Å². The zero-order valence-electron chi connectivity index (χ0n) is 16.2. The Hall–Kier alpha value is -2.64. The SMILES string of the molecule is CN(CCOc1ccc(C[C@H]2CO[C@@](C)(C(=O)O)OC2)cc1)c1ccccn1. The number of anilines is 1. The van der Waals surface area contributed by atoms with Gasteiger partial charge in [0.05, 0.1) is 19.8 Å². The first-order valence-corrected chi connectivity index (χ1v) is 9.31. The first kappa shape index (κ1) is 20.1. The van der Waals surface area contributed by atoms with Crippen molar-refractivity contribution in [3.63, 3.8) is 0 Å². The van der Waals surface area contributed by atoms with Crippen LogP contribution in [0.25, 0.3) is 0 Å². The number of aromatic nitrogens is 1. The Balaban J connectivity index is 1.42. The number of hydrogen-bond donors (Lipinski definition) is 1. The highest BCUT2D eigenvalue weighted by molar-refractivity contribution is 5.75. The number of benzene rings is 1. The van der Waals surface area contributed by atoms with Crippen molar-refractivity contribution in [3.8, 4) is 5.75 Å². The van der Waals surface area contributed by atoms with Gasteiger partial charge in [0.15, 0.2) is 0 Å². The molecule has 1 aliphatic heterocycles. The summed E-state index contributed by atoms with van der Waals surface area (Å²) in [7, 11) is 1.98. The molecule has 0 amide bonds. The van der Waals surface area contributed by atoms with E-state index in [1.807, 2.05) is 54.4 Å². The Labute approximate surface area is 164 Å². The van der Waals surface area contributed by atoms with Crippen LogP contribution in [0.4, 0.5) is 5.82 Å². The summed E-state index contributed by atoms with van der Waals surface area (Å²) in [6, 6.07) is 13.7. The number of carbonyl (C=O) groups is 1. The van der Waals surface area contributed by atoms with Crippen LogP contribution in [0.1, 0.15) is 12.5 Å². The van der Waals surface area contributed by atoms with Crippen molar-refractivity contribution in [2.24, 2.45) is 5.92 Å². The maximum Gasteiger partial charge on any atom is 0.364 e. The zero-order chi connectivity index (χ0) is 20.0. The summed E-state index contributed by atoms with van der Waals surface area (Å²) in [4.78, 5) is 17.5. The Morgan fingerprint density at radius 1 is 1.25 bits per heavy atom. The lowest BCUT2D eigenvalue weighted by Gasteiger charge is -2.34. The molecule has 3 rings (SSSR count). The lowest BCUT2D eigenvalue weighted by Crippen LogP contribution is -2.48. The van der Waals surface area contributed by atoms with Crippen LogP contribution in [0.5, 0.6) is 5.75 Å². The molecule has 0 spiro atoms. The molecule has 0 radical (unpaired) electrons. The molecule has 0 unspecified atom stereocenters. The maximum atomic E-state index is 11.1. The van der Waals surface area contributed by atoms with E-state index in [0.29, 0.717) is 19.8 Å². The van der Waals surface area contributed by atoms with E-state index in [9.17, 15) is 4.79 Å². The van der Waals surface area contributed by atoms with Gasteiger partial charge in [-0.05, 0) is 36.2 Å². The van der Waals surface area contributed by atoms with Crippen LogP contribution in [0.3, 0.4) is 0 Å². The van der Waals surface area contributed by atoms with E-state index in [2.05, 4.69) is 4.98 Å². The summed E-state index contributed by atoms with van der Waals surface area (Å²) in [5.41, 5.74) is 1.13. The van der Waals surface area contributed by atoms with E-state index < -0.39 is 11.8 Å². The molecule has 1 fully saturated rings. The summed E-state index contributed by atoms with van der Waals surface area (Å²) in [6.07, 6.45) is 2.54. The van der Waals surface area contributed by atoms with E-state index in [-0.39, 0.29) is 5.92 Å². The van der Waals surface area contributed by atoms with Crippen LogP contribution in [0, 0.1) is 5.92 Å². The topological polar surface area (TPSA) is 81.1 Å². The Kier molecular flexibility index (Phi) is 6.49. The average Bonchev–Trinajstić information content (AvgIpc) is 2.71. The Morgan fingerprint density at radius 2 is 1.96 bits per heavy atom. The van der Waals surface area contributed by atoms with Gasteiger partial charge in [-0.1, -0.05) is 18.2 Å². The number of nitrogens with zero attached hydrogens (tertiary/aromatic N) is 2. The van der Waals surface area contributed by atoms with E-state index in [1.54, 1.807) is 6.20 Å². The van der Waals surface area contributed by atoms with E-state index >= 15 is 0 Å². The second kappa shape index (κ2) is 9.03. The fraction of sp³-hybridized carbons (Fsp3) is 0.429. The fourth-order valence-electron chi connectivity index (χ4n) is 2.93. The van der Waals surface area contributed by atoms with Crippen LogP contribution in [-0.4, -0.2) is 55.3 Å². The summed E-state index contributed by atoms with van der Waals surface area (Å²) >= 11 is 0. The molecule has 1 aliphatic rings. The minimum atomic E-state index is -1.53. The largest absolute Gasteiger partial charge is 0.492 e. The van der Waals surface area contributed by atoms with Gasteiger partial charge in [0.2, 0.25) is 0 Å². The predicted molar refractivity (Wildman–Crippen MR) is 105 cm³/mol. The lowest BCUT2D eigenvalue weighted by molar-refractivity contribution is -0.270. The van der Waals surface area contributed by atoms with Gasteiger partial charge in [-0.2, -0.15) is 0 Å². The van der Waals surface area contributed by atoms with Gasteiger partial charge < -0.3 is 24.2 Å². The molecule has 150 valence electrons. The van der Waals surface area contributed by atoms with Gasteiger partial charge in [0.1, 0.15) is 18.2 Å². The van der Waals surface area contributed by atoms with Crippen molar-refractivity contribution in [2.75, 3.05) is 38.3 Å². The molecule has 7 nitrogen and oxygen atoms in total. The van der Waals surface area contributed by atoms with Gasteiger partial charge in [-0.3, -0.25) is 0 Å². The minimum Gasteiger partial charge on any atom is -0.492 e. The molecular weight excluding hydrogens is 360 g/mol. The molecule has 0 atom stereocenters. The quantitative estimate of drug-likeness (QED) is 0.747. The highest BCUT2D eigenvalue weighted by atomic mass is 16.7. The number of hydrogen-bond acceptors (Lipinski definition) is 6. The average molecular weight is 386 g/mol. The summed E-state index contributed by atoms with van der Waals surface area (Å²) in [5, 5.41) is 9.10. The van der Waals surface area contributed by atoms with Gasteiger partial charge in [0, 0.05) is 26.1 Å². The van der Waals surface area contributed by atoms with Crippen molar-refractivity contribution in [1.29, 1.82) is 0 Å². The summed E-state index contributed by atoms with van der Waals surface area (Å²) < 4.78 is 16.6. The molecule has 2 aromatic rings. The van der Waals surface area contributed by atoms with Crippen LogP contribution in [-0.2, 0) is 20.7 Å². The van der Waals surface area contributed by atoms with Crippen molar-refractivity contribution in [1.82, 2.24) is 4.98 Å². The monoisotopic (exact) mass is 386 g/mol. The van der Waals surface area contributed by atoms with Crippen LogP contribution in [0.15, 0.2) is 48.7 Å². The molecule has 1 aromatic heterocycles. The minimum absolute atomic E-state index is 0.131. The van der Waals surface area contributed by atoms with Crippen molar-refractivity contribution in [3.05, 3.63) is 54.2 Å². The number of rotatable bonds is 8. The smallest absolute Gasteiger partial charge is 0.364 e. The molecule has 0 saturated carbocycles. The zero-order valence-corrected chi connectivity index (χ0v) is 16.2. The van der Waals surface area contributed by atoms with Crippen LogP contribution >= 0.6 is 0 Å². The third-order valence-corrected chi connectivity index (χ3v) is 4.76. The second-order valence-corrected chi connectivity index (χ2v) is 7.04. The molecule has 28 heavy (non-hydrogen) atoms. The molecule has 0 bridgehead atoms. The Bertz CT molecular complexity index is 758. The van der Waals surface area contributed by atoms with Crippen molar-refractivity contribution in [2.45, 2.75) is 19.1 Å². The number of carboxylic acid groups (broad SMARTS) is 1. The van der Waals surface area contributed by atoms with Crippen LogP contribution in [0.2, 0.25) is 0 Å². The number of pyridine rings is 1. The van der Waals surface area contributed by atoms with E-state index in [1.165, 1.54) is 6.92 Å². The van der Waals surface area contributed by atoms with Gasteiger partial charge in [-0.15, -0.1) is 0 Å². The molecule has 0 aliphatic carbocycles. The first-order valence-electron chi connectivity index (χ1n) is 9.31. The second-order valence-electron chi connectivity index (χ2n) is 7.04. The summed E-state index contributed by atoms with van der Waals surface area (Å²) in [6.45, 7) is 3.45. The first-order chi connectivity index (χ1) is 13.5. The van der Waals surface area contributed by atoms with Crippen molar-refractivity contribution >= 4 is 11.8 Å². The number of ether oxygens (including phenoxy) is 3. The number of aliphatic carboxylic acids is 1. The maximum absolute atomic E-state index is 11.1. The molecular formula is C21H26N2O5. The number of likely N-dealkylation sites (N-methyl/N-ethyl adjacent to an activating group) is 1. The molecule has 1 aromatic carbocycles. The van der Waals surface area contributed by atoms with Crippen LogP contribution < -0.4 is 9.64 Å². The standard InChI is InChI=1S/C21H26N2O5/c1-21(20(24)25)27-14-17(15-28-21)13-16-6-8-18(9-7-16)26-12-11-23(2)19-5-3-4-10-22-19/h3-10,17H,11-15H2,1-2H3,(H,24,25)/t17-,21+. The summed E-state index contributed by atoms with van der Waals surface area (Å²) in [5.74, 6) is -0.770. The lowest BCUT2D eigenvalue weighted by atomic mass is 9.99. The molecule has 2 heterocycles. The van der Waals surface area contributed by atoms with E-state index in [4.69, 9.17) is 19.3 Å². The van der Waals surface area contributed by atoms with Gasteiger partial charge in [0.25, 0.3) is 5.79 Å². The van der Waals surface area contributed by atoms with Gasteiger partial charge >= 0.3 is 5.97 Å². The molecule has 1 saturated heterocycles. The normalized spacial score (nSPS) is 21.9. The number of carboxylic acids is 1. The highest BCUT2D eigenvalue weighted by Crippen LogP contribution is 2.24. The molecule has 1 N–H and O–H groups in total. The predicted octanol–water partition coefficient (Wildman–Crippen LogP) is 2.60. The fourth-order valence-corrected chi connectivity index (χ4v) is 2.93. The van der Waals surface area contributed by atoms with E-state index in [0.717, 1.165) is 30.1 Å². The molecule has 7 heteroatoms. The third-order valence-electron chi connectivity index (χ3n) is 4.76.